The van der Waals surface area contributed by atoms with Gasteiger partial charge in [-0.05, 0) is 12.8 Å². The number of hydrogen-bond donors (Lipinski definition) is 0. The highest BCUT2D eigenvalue weighted by atomic mass is 19.4. The van der Waals surface area contributed by atoms with E-state index < -0.39 is 35.6 Å². The maximum atomic E-state index is 12.6. The number of Topliss-reactive ketones (excluding diaryl/α,β-unsaturated/α-hetero) is 1. The third-order valence-corrected chi connectivity index (χ3v) is 3.90. The first kappa shape index (κ1) is 16.5. The molecule has 2 aliphatic heterocycles. The van der Waals surface area contributed by atoms with Gasteiger partial charge in [-0.15, -0.1) is 0 Å². The van der Waals surface area contributed by atoms with Gasteiger partial charge in [0.25, 0.3) is 0 Å². The van der Waals surface area contributed by atoms with Gasteiger partial charge in [-0.1, -0.05) is 0 Å². The molecule has 122 valence electrons. The summed E-state index contributed by atoms with van der Waals surface area (Å²) in [7, 11) is 0. The molecule has 0 bridgehead atoms. The maximum Gasteiger partial charge on any atom is 0.407 e. The summed E-state index contributed by atoms with van der Waals surface area (Å²) in [5.74, 6) is -7.05. The van der Waals surface area contributed by atoms with Crippen molar-refractivity contribution in [2.24, 2.45) is 11.8 Å². The van der Waals surface area contributed by atoms with Crippen LogP contribution in [0.4, 0.5) is 26.3 Å². The Labute approximate surface area is 116 Å². The van der Waals surface area contributed by atoms with E-state index in [-0.39, 0.29) is 26.1 Å². The van der Waals surface area contributed by atoms with E-state index in [1.54, 1.807) is 0 Å². The van der Waals surface area contributed by atoms with Crippen molar-refractivity contribution >= 4 is 5.78 Å². The summed E-state index contributed by atoms with van der Waals surface area (Å²) in [4.78, 5) is 11.8. The number of ether oxygens (including phenoxy) is 2. The van der Waals surface area contributed by atoms with E-state index in [2.05, 4.69) is 0 Å². The monoisotopic (exact) mass is 320 g/mol. The Balaban J connectivity index is 2.17. The van der Waals surface area contributed by atoms with Crippen molar-refractivity contribution < 1.29 is 40.6 Å². The molecule has 21 heavy (non-hydrogen) atoms. The summed E-state index contributed by atoms with van der Waals surface area (Å²) in [6.45, 7) is 0.380. The number of ketones is 1. The molecule has 0 amide bonds. The van der Waals surface area contributed by atoms with Crippen molar-refractivity contribution in [2.75, 3.05) is 19.8 Å². The molecular weight excluding hydrogens is 306 g/mol. The lowest BCUT2D eigenvalue weighted by Gasteiger charge is -2.37. The van der Waals surface area contributed by atoms with Gasteiger partial charge < -0.3 is 9.47 Å². The zero-order valence-corrected chi connectivity index (χ0v) is 10.9. The summed E-state index contributed by atoms with van der Waals surface area (Å²) in [5.41, 5.74) is -0.916. The van der Waals surface area contributed by atoms with Crippen LogP contribution >= 0.6 is 0 Å². The fourth-order valence-corrected chi connectivity index (χ4v) is 2.88. The lowest BCUT2D eigenvalue weighted by atomic mass is 9.79. The first-order chi connectivity index (χ1) is 9.55. The summed E-state index contributed by atoms with van der Waals surface area (Å²) < 4.78 is 86.1. The van der Waals surface area contributed by atoms with E-state index in [1.165, 1.54) is 0 Å². The minimum absolute atomic E-state index is 0.0395. The highest BCUT2D eigenvalue weighted by Crippen LogP contribution is 2.44. The largest absolute Gasteiger partial charge is 0.407 e. The summed E-state index contributed by atoms with van der Waals surface area (Å²) in [6.07, 6.45) is -11.2. The fourth-order valence-electron chi connectivity index (χ4n) is 2.88. The zero-order chi connectivity index (χ0) is 15.9. The molecule has 0 aromatic carbocycles. The Bertz CT molecular complexity index is 383. The molecular formula is C12H14F6O3. The Hall–Kier alpha value is -0.830. The molecule has 1 spiro atoms. The first-order valence-corrected chi connectivity index (χ1v) is 6.44. The highest BCUT2D eigenvalue weighted by molar-refractivity contribution is 5.85. The van der Waals surface area contributed by atoms with E-state index in [4.69, 9.17) is 9.47 Å². The lowest BCUT2D eigenvalue weighted by molar-refractivity contribution is -0.276. The van der Waals surface area contributed by atoms with Crippen LogP contribution in [0.2, 0.25) is 0 Å². The predicted octanol–water partition coefficient (Wildman–Crippen LogP) is 2.88. The first-order valence-electron chi connectivity index (χ1n) is 6.44. The van der Waals surface area contributed by atoms with Crippen LogP contribution in [-0.2, 0) is 14.3 Å². The Morgan fingerprint density at radius 1 is 1.10 bits per heavy atom. The van der Waals surface area contributed by atoms with Crippen molar-refractivity contribution in [3.05, 3.63) is 0 Å². The summed E-state index contributed by atoms with van der Waals surface area (Å²) >= 11 is 0. The number of alkyl halides is 6. The van der Waals surface area contributed by atoms with Crippen LogP contribution in [0.25, 0.3) is 0 Å². The molecule has 2 fully saturated rings. The van der Waals surface area contributed by atoms with Gasteiger partial charge in [0.1, 0.15) is 0 Å². The number of hydrogen-bond acceptors (Lipinski definition) is 3. The Morgan fingerprint density at radius 3 is 2.19 bits per heavy atom. The second-order valence-electron chi connectivity index (χ2n) is 5.44. The van der Waals surface area contributed by atoms with Gasteiger partial charge in [0.05, 0.1) is 12.2 Å². The van der Waals surface area contributed by atoms with Crippen molar-refractivity contribution in [1.29, 1.82) is 0 Å². The molecule has 2 heterocycles. The summed E-state index contributed by atoms with van der Waals surface area (Å²) in [6, 6.07) is 0. The zero-order valence-electron chi connectivity index (χ0n) is 10.9. The van der Waals surface area contributed by atoms with Crippen molar-refractivity contribution in [1.82, 2.24) is 0 Å². The van der Waals surface area contributed by atoms with Gasteiger partial charge in [-0.2, -0.15) is 26.3 Å². The van der Waals surface area contributed by atoms with Gasteiger partial charge >= 0.3 is 12.4 Å². The molecule has 0 aliphatic carbocycles. The minimum atomic E-state index is -5.63. The molecule has 9 heteroatoms. The van der Waals surface area contributed by atoms with Gasteiger partial charge in [0.2, 0.25) is 5.92 Å². The number of carbonyl (C=O) groups is 1. The average molecular weight is 320 g/mol. The number of carbonyl (C=O) groups excluding carboxylic acids is 1. The minimum Gasteiger partial charge on any atom is -0.378 e. The Morgan fingerprint density at radius 2 is 1.71 bits per heavy atom. The molecule has 2 unspecified atom stereocenters. The van der Waals surface area contributed by atoms with E-state index in [9.17, 15) is 31.1 Å². The molecule has 0 aromatic heterocycles. The smallest absolute Gasteiger partial charge is 0.378 e. The van der Waals surface area contributed by atoms with Crippen LogP contribution in [0, 0.1) is 11.8 Å². The van der Waals surface area contributed by atoms with E-state index in [1.807, 2.05) is 0 Å². The lowest BCUT2D eigenvalue weighted by Crippen LogP contribution is -2.49. The van der Waals surface area contributed by atoms with Gasteiger partial charge in [0, 0.05) is 25.6 Å². The SMILES string of the molecule is O=C(C1CCOC2(CCOC2)C1)C(C(F)(F)F)C(F)(F)F. The number of halogens is 6. The third kappa shape index (κ3) is 3.50. The maximum absolute atomic E-state index is 12.6. The fraction of sp³-hybridized carbons (Fsp3) is 0.917. The third-order valence-electron chi connectivity index (χ3n) is 3.90. The molecule has 0 N–H and O–H groups in total. The molecule has 2 rings (SSSR count). The van der Waals surface area contributed by atoms with Crippen LogP contribution in [0.1, 0.15) is 19.3 Å². The van der Waals surface area contributed by atoms with Gasteiger partial charge in [0.15, 0.2) is 5.78 Å². The van der Waals surface area contributed by atoms with Crippen LogP contribution in [0.3, 0.4) is 0 Å². The summed E-state index contributed by atoms with van der Waals surface area (Å²) in [5, 5.41) is 0. The van der Waals surface area contributed by atoms with E-state index >= 15 is 0 Å². The quantitative estimate of drug-likeness (QED) is 0.734. The van der Waals surface area contributed by atoms with Crippen molar-refractivity contribution in [3.63, 3.8) is 0 Å². The Kier molecular flexibility index (Phi) is 4.27. The van der Waals surface area contributed by atoms with Crippen LogP contribution < -0.4 is 0 Å². The molecule has 3 nitrogen and oxygen atoms in total. The second-order valence-corrected chi connectivity index (χ2v) is 5.44. The highest BCUT2D eigenvalue weighted by Gasteiger charge is 2.62. The molecule has 0 aromatic rings. The van der Waals surface area contributed by atoms with E-state index in [0.29, 0.717) is 13.0 Å². The van der Waals surface area contributed by atoms with Crippen molar-refractivity contribution in [3.8, 4) is 0 Å². The van der Waals surface area contributed by atoms with Gasteiger partial charge in [-0.25, -0.2) is 0 Å². The molecule has 0 radical (unpaired) electrons. The topological polar surface area (TPSA) is 35.5 Å². The second kappa shape index (κ2) is 5.42. The molecule has 0 saturated carbocycles. The standard InChI is InChI=1S/C12H14F6O3/c13-11(14,15)9(12(16,17)18)8(19)7-1-3-21-10(5-7)2-4-20-6-10/h7,9H,1-6H2. The predicted molar refractivity (Wildman–Crippen MR) is 57.5 cm³/mol. The van der Waals surface area contributed by atoms with E-state index in [0.717, 1.165) is 0 Å². The molecule has 2 aliphatic rings. The normalized spacial score (nSPS) is 31.1. The van der Waals surface area contributed by atoms with Gasteiger partial charge in [-0.3, -0.25) is 4.79 Å². The van der Waals surface area contributed by atoms with Crippen LogP contribution in [0.5, 0.6) is 0 Å². The number of rotatable bonds is 2. The van der Waals surface area contributed by atoms with Crippen LogP contribution in [0.15, 0.2) is 0 Å². The van der Waals surface area contributed by atoms with Crippen LogP contribution in [-0.4, -0.2) is 43.6 Å². The molecule has 2 atom stereocenters. The average Bonchev–Trinajstić information content (AvgIpc) is 2.73. The molecule has 2 saturated heterocycles. The van der Waals surface area contributed by atoms with Crippen molar-refractivity contribution in [2.45, 2.75) is 37.2 Å².